The Kier molecular flexibility index (Phi) is 3.48. The maximum absolute atomic E-state index is 4.45. The molecule has 0 amide bonds. The summed E-state index contributed by atoms with van der Waals surface area (Å²) in [5.41, 5.74) is 2.57. The van der Waals surface area contributed by atoms with Crippen molar-refractivity contribution < 1.29 is 0 Å². The van der Waals surface area contributed by atoms with E-state index in [0.29, 0.717) is 11.8 Å². The van der Waals surface area contributed by atoms with Gasteiger partial charge in [-0.1, -0.05) is 27.7 Å². The first-order valence-corrected chi connectivity index (χ1v) is 5.47. The summed E-state index contributed by atoms with van der Waals surface area (Å²) < 4.78 is 1.07. The third kappa shape index (κ3) is 2.53. The Morgan fingerprint density at radius 2 is 1.77 bits per heavy atom. The Labute approximate surface area is 88.7 Å². The van der Waals surface area contributed by atoms with Crippen LogP contribution in [-0.2, 0) is 0 Å². The van der Waals surface area contributed by atoms with Crippen LogP contribution in [0.2, 0.25) is 0 Å². The molecule has 0 radical (unpaired) electrons. The van der Waals surface area contributed by atoms with E-state index < -0.39 is 0 Å². The molecule has 13 heavy (non-hydrogen) atoms. The Morgan fingerprint density at radius 1 is 1.15 bits per heavy atom. The van der Waals surface area contributed by atoms with Gasteiger partial charge in [-0.15, -0.1) is 0 Å². The van der Waals surface area contributed by atoms with E-state index in [1.807, 2.05) is 6.20 Å². The Morgan fingerprint density at radius 3 is 2.23 bits per heavy atom. The summed E-state index contributed by atoms with van der Waals surface area (Å²) in [6.07, 6.45) is 1.88. The lowest BCUT2D eigenvalue weighted by atomic mass is 9.96. The van der Waals surface area contributed by atoms with Gasteiger partial charge in [0.25, 0.3) is 0 Å². The molecule has 1 heterocycles. The molecule has 0 fully saturated rings. The van der Waals surface area contributed by atoms with Gasteiger partial charge in [-0.3, -0.25) is 4.98 Å². The normalized spacial score (nSPS) is 11.3. The number of hydrogen-bond donors (Lipinski definition) is 0. The van der Waals surface area contributed by atoms with E-state index >= 15 is 0 Å². The molecule has 1 aromatic rings. The smallest absolute Gasteiger partial charge is 0.0464 e. The highest BCUT2D eigenvalue weighted by Gasteiger charge is 2.11. The molecule has 0 aromatic carbocycles. The zero-order valence-corrected chi connectivity index (χ0v) is 10.2. The molecule has 0 aliphatic rings. The number of aromatic nitrogens is 1. The minimum Gasteiger partial charge on any atom is -0.260 e. The molecule has 0 saturated carbocycles. The van der Waals surface area contributed by atoms with Crippen LogP contribution in [0.4, 0.5) is 0 Å². The highest BCUT2D eigenvalue weighted by atomic mass is 79.9. The van der Waals surface area contributed by atoms with Gasteiger partial charge in [-0.2, -0.15) is 0 Å². The summed E-state index contributed by atoms with van der Waals surface area (Å²) in [5, 5.41) is 0. The van der Waals surface area contributed by atoms with Gasteiger partial charge in [0.1, 0.15) is 0 Å². The SMILES string of the molecule is CC(C)c1cc(Br)cnc1C(C)C. The van der Waals surface area contributed by atoms with Gasteiger partial charge in [0, 0.05) is 16.4 Å². The Hall–Kier alpha value is -0.370. The third-order valence-electron chi connectivity index (χ3n) is 2.09. The molecule has 0 spiro atoms. The van der Waals surface area contributed by atoms with E-state index in [2.05, 4.69) is 54.7 Å². The fourth-order valence-corrected chi connectivity index (χ4v) is 1.76. The van der Waals surface area contributed by atoms with Crippen LogP contribution in [-0.4, -0.2) is 4.98 Å². The largest absolute Gasteiger partial charge is 0.260 e. The topological polar surface area (TPSA) is 12.9 Å². The standard InChI is InChI=1S/C11H16BrN/c1-7(2)10-5-9(12)6-13-11(10)8(3)4/h5-8H,1-4H3. The van der Waals surface area contributed by atoms with Crippen LogP contribution in [0.5, 0.6) is 0 Å². The number of halogens is 1. The Balaban J connectivity index is 3.19. The number of nitrogens with zero attached hydrogens (tertiary/aromatic N) is 1. The predicted molar refractivity (Wildman–Crippen MR) is 60.1 cm³/mol. The summed E-state index contributed by atoms with van der Waals surface area (Å²) >= 11 is 3.45. The van der Waals surface area contributed by atoms with Crippen LogP contribution in [0, 0.1) is 0 Å². The summed E-state index contributed by atoms with van der Waals surface area (Å²) in [5.74, 6) is 1.05. The predicted octanol–water partition coefficient (Wildman–Crippen LogP) is 4.09. The van der Waals surface area contributed by atoms with Gasteiger partial charge < -0.3 is 0 Å². The molecule has 0 atom stereocenters. The lowest BCUT2D eigenvalue weighted by Gasteiger charge is -2.14. The molecule has 0 saturated heterocycles. The van der Waals surface area contributed by atoms with Crippen molar-refractivity contribution >= 4 is 15.9 Å². The first kappa shape index (κ1) is 10.7. The van der Waals surface area contributed by atoms with Crippen LogP contribution in [0.25, 0.3) is 0 Å². The minimum atomic E-state index is 0.505. The summed E-state index contributed by atoms with van der Waals surface area (Å²) in [7, 11) is 0. The second-order valence-electron chi connectivity index (χ2n) is 3.94. The second-order valence-corrected chi connectivity index (χ2v) is 4.85. The van der Waals surface area contributed by atoms with Gasteiger partial charge in [0.2, 0.25) is 0 Å². The molecular formula is C11H16BrN. The van der Waals surface area contributed by atoms with Gasteiger partial charge in [-0.25, -0.2) is 0 Å². The van der Waals surface area contributed by atoms with Crippen molar-refractivity contribution in [2.24, 2.45) is 0 Å². The average molecular weight is 242 g/mol. The van der Waals surface area contributed by atoms with E-state index in [0.717, 1.165) is 4.47 Å². The molecule has 0 bridgehead atoms. The van der Waals surface area contributed by atoms with Crippen molar-refractivity contribution in [2.75, 3.05) is 0 Å². The first-order chi connectivity index (χ1) is 6.02. The number of rotatable bonds is 2. The molecule has 0 unspecified atom stereocenters. The fraction of sp³-hybridized carbons (Fsp3) is 0.545. The van der Waals surface area contributed by atoms with Crippen molar-refractivity contribution in [3.05, 3.63) is 28.0 Å². The lowest BCUT2D eigenvalue weighted by Crippen LogP contribution is -2.01. The highest BCUT2D eigenvalue weighted by Crippen LogP contribution is 2.26. The number of hydrogen-bond acceptors (Lipinski definition) is 1. The fourth-order valence-electron chi connectivity index (χ4n) is 1.41. The monoisotopic (exact) mass is 241 g/mol. The van der Waals surface area contributed by atoms with Crippen LogP contribution in [0.1, 0.15) is 50.8 Å². The van der Waals surface area contributed by atoms with E-state index in [4.69, 9.17) is 0 Å². The maximum Gasteiger partial charge on any atom is 0.0464 e. The van der Waals surface area contributed by atoms with Crippen LogP contribution in [0.3, 0.4) is 0 Å². The Bertz CT molecular complexity index is 292. The quantitative estimate of drug-likeness (QED) is 0.761. The van der Waals surface area contributed by atoms with Gasteiger partial charge >= 0.3 is 0 Å². The molecule has 2 heteroatoms. The molecule has 1 rings (SSSR count). The highest BCUT2D eigenvalue weighted by molar-refractivity contribution is 9.10. The van der Waals surface area contributed by atoms with Crippen LogP contribution >= 0.6 is 15.9 Å². The molecule has 0 aliphatic carbocycles. The van der Waals surface area contributed by atoms with Crippen LogP contribution < -0.4 is 0 Å². The summed E-state index contributed by atoms with van der Waals surface area (Å²) in [4.78, 5) is 4.45. The average Bonchev–Trinajstić information content (AvgIpc) is 2.03. The van der Waals surface area contributed by atoms with E-state index in [1.165, 1.54) is 11.3 Å². The van der Waals surface area contributed by atoms with Crippen molar-refractivity contribution in [3.63, 3.8) is 0 Å². The molecule has 0 N–H and O–H groups in total. The molecule has 72 valence electrons. The van der Waals surface area contributed by atoms with Gasteiger partial charge in [0.15, 0.2) is 0 Å². The third-order valence-corrected chi connectivity index (χ3v) is 2.52. The van der Waals surface area contributed by atoms with Gasteiger partial charge in [0.05, 0.1) is 0 Å². The molecule has 1 nitrogen and oxygen atoms in total. The van der Waals surface area contributed by atoms with Crippen LogP contribution in [0.15, 0.2) is 16.7 Å². The maximum atomic E-state index is 4.45. The van der Waals surface area contributed by atoms with Crippen molar-refractivity contribution in [1.29, 1.82) is 0 Å². The number of pyridine rings is 1. The van der Waals surface area contributed by atoms with Crippen molar-refractivity contribution in [1.82, 2.24) is 4.98 Å². The lowest BCUT2D eigenvalue weighted by molar-refractivity contribution is 0.756. The van der Waals surface area contributed by atoms with E-state index in [1.54, 1.807) is 0 Å². The molecule has 0 aliphatic heterocycles. The van der Waals surface area contributed by atoms with Crippen molar-refractivity contribution in [3.8, 4) is 0 Å². The minimum absolute atomic E-state index is 0.505. The second kappa shape index (κ2) is 4.23. The molecule has 1 aromatic heterocycles. The van der Waals surface area contributed by atoms with E-state index in [-0.39, 0.29) is 0 Å². The van der Waals surface area contributed by atoms with Crippen molar-refractivity contribution in [2.45, 2.75) is 39.5 Å². The van der Waals surface area contributed by atoms with E-state index in [9.17, 15) is 0 Å². The first-order valence-electron chi connectivity index (χ1n) is 4.67. The summed E-state index contributed by atoms with van der Waals surface area (Å²) in [6, 6.07) is 2.17. The zero-order valence-electron chi connectivity index (χ0n) is 8.63. The zero-order chi connectivity index (χ0) is 10.0. The summed E-state index contributed by atoms with van der Waals surface area (Å²) in [6.45, 7) is 8.77. The molecular weight excluding hydrogens is 226 g/mol. The van der Waals surface area contributed by atoms with Gasteiger partial charge in [-0.05, 0) is 39.4 Å².